The molecule has 3 atom stereocenters. The first kappa shape index (κ1) is 55.6. The highest BCUT2D eigenvalue weighted by Gasteiger charge is 2.48. The smallest absolute Gasteiger partial charge is 0.161 e. The lowest BCUT2D eigenvalue weighted by atomic mass is 9.73. The van der Waals surface area contributed by atoms with Gasteiger partial charge in [-0.05, 0) is 139 Å². The van der Waals surface area contributed by atoms with Crippen LogP contribution in [-0.2, 0) is 25.8 Å². The van der Waals surface area contributed by atoms with Gasteiger partial charge in [0.2, 0.25) is 0 Å². The third-order valence-corrected chi connectivity index (χ3v) is 15.3. The van der Waals surface area contributed by atoms with Gasteiger partial charge in [0.05, 0.1) is 12.6 Å². The standard InChI is InChI=1S/C42H38N4.C16H16.C8H8N2.C8H10/c1-29-15-10-11-22-35(29)39-30(2)25-26-38-40(39)36-23-12-13-24-37(36)46(38)34-21-14-20-33(27-34)42(44-28-31-16-6-4-7-17-31)45-41(43-3)32-18-8-5-9-19-32;1-3-12-5-4-6-14-10-13-8-7-11(2)9-15(13)16(12)14;1-10-8(9)7-5-3-2-4-6-7;1-2-8-6-4-3-5-7-8/h4-22,24-27,36,38,40H,3,23,28H2,1-2H3;4-9H,3,10H2,1-2H3;2-6,9H,1H2;3-7H,2H2,1H3. The molecule has 6 nitrogen and oxygen atoms in total. The van der Waals surface area contributed by atoms with Crippen LogP contribution in [0.3, 0.4) is 0 Å². The van der Waals surface area contributed by atoms with Crippen LogP contribution in [0.25, 0.3) is 16.7 Å². The summed E-state index contributed by atoms with van der Waals surface area (Å²) in [7, 11) is 0. The predicted octanol–water partition coefficient (Wildman–Crippen LogP) is 17.5. The van der Waals surface area contributed by atoms with Crippen molar-refractivity contribution in [3.63, 3.8) is 0 Å². The fourth-order valence-corrected chi connectivity index (χ4v) is 11.3. The van der Waals surface area contributed by atoms with Gasteiger partial charge >= 0.3 is 0 Å². The Morgan fingerprint density at radius 2 is 1.25 bits per heavy atom. The highest BCUT2D eigenvalue weighted by atomic mass is 15.2. The van der Waals surface area contributed by atoms with Crippen LogP contribution in [0, 0.1) is 31.1 Å². The Hall–Kier alpha value is -9.13. The molecule has 0 saturated carbocycles. The maximum Gasteiger partial charge on any atom is 0.161 e. The number of amidine groups is 3. The number of anilines is 1. The number of aryl methyl sites for hydroxylation is 4. The molecule has 0 spiro atoms. The molecule has 0 amide bonds. The van der Waals surface area contributed by atoms with E-state index in [1.54, 1.807) is 0 Å². The molecule has 1 aliphatic heterocycles. The van der Waals surface area contributed by atoms with Gasteiger partial charge in [0.1, 0.15) is 0 Å². The number of nitrogens with one attached hydrogen (secondary N) is 1. The molecule has 1 heterocycles. The second-order valence-corrected chi connectivity index (χ2v) is 20.5. The van der Waals surface area contributed by atoms with E-state index in [0.29, 0.717) is 30.1 Å². The van der Waals surface area contributed by atoms with Crippen LogP contribution >= 0.6 is 0 Å². The van der Waals surface area contributed by atoms with Crippen molar-refractivity contribution in [3.05, 3.63) is 309 Å². The van der Waals surface area contributed by atoms with Gasteiger partial charge in [0, 0.05) is 39.9 Å². The Bertz CT molecular complexity index is 3640. The zero-order valence-corrected chi connectivity index (χ0v) is 46.9. The molecular formula is C74H72N6. The fourth-order valence-electron chi connectivity index (χ4n) is 11.3. The highest BCUT2D eigenvalue weighted by Crippen LogP contribution is 2.53. The van der Waals surface area contributed by atoms with E-state index < -0.39 is 0 Å². The first-order chi connectivity index (χ1) is 39.2. The zero-order valence-electron chi connectivity index (χ0n) is 46.9. The van der Waals surface area contributed by atoms with E-state index in [0.717, 1.165) is 53.6 Å². The lowest BCUT2D eigenvalue weighted by molar-refractivity contribution is 0.504. The van der Waals surface area contributed by atoms with Crippen molar-refractivity contribution >= 4 is 42.2 Å². The van der Waals surface area contributed by atoms with Gasteiger partial charge in [-0.2, -0.15) is 0 Å². The number of hydrogen-bond acceptors (Lipinski definition) is 3. The van der Waals surface area contributed by atoms with Crippen molar-refractivity contribution in [3.8, 4) is 11.1 Å². The molecule has 1 saturated heterocycles. The SMILES string of the molecule is C=NC(=N)c1ccccc1.C=NC(=NC(=NCc1ccccc1)c1cccc(N2C3=CC=CCC3C3C(c4ccccc4C)=C(C)C=CC32)c1)c1ccccc1.CCc1cccc2c1-c1cc(C)ccc1C2.CCc1ccccc1. The summed E-state index contributed by atoms with van der Waals surface area (Å²) in [4.78, 5) is 20.4. The maximum atomic E-state index is 7.25. The third-order valence-electron chi connectivity index (χ3n) is 15.3. The second kappa shape index (κ2) is 27.0. The molecule has 3 unspecified atom stereocenters. The van der Waals surface area contributed by atoms with Gasteiger partial charge < -0.3 is 4.90 Å². The normalized spacial score (nSPS) is 16.4. The minimum Gasteiger partial charge on any atom is -0.337 e. The number of aliphatic imine (C=N–C) groups is 4. The summed E-state index contributed by atoms with van der Waals surface area (Å²) in [6.45, 7) is 18.7. The Kier molecular flexibility index (Phi) is 18.7. The van der Waals surface area contributed by atoms with Crippen LogP contribution in [0.4, 0.5) is 5.69 Å². The molecule has 1 fully saturated rings. The third kappa shape index (κ3) is 13.1. The summed E-state index contributed by atoms with van der Waals surface area (Å²) in [5.41, 5.74) is 22.0. The lowest BCUT2D eigenvalue weighted by Gasteiger charge is -2.33. The van der Waals surface area contributed by atoms with Crippen molar-refractivity contribution in [2.24, 2.45) is 31.8 Å². The lowest BCUT2D eigenvalue weighted by Crippen LogP contribution is -2.33. The number of fused-ring (bicyclic) bond motifs is 6. The maximum absolute atomic E-state index is 7.25. The zero-order chi connectivity index (χ0) is 55.8. The minimum atomic E-state index is 0.202. The number of benzene rings is 8. The van der Waals surface area contributed by atoms with Crippen molar-refractivity contribution in [1.29, 1.82) is 5.41 Å². The Morgan fingerprint density at radius 3 is 1.91 bits per heavy atom. The van der Waals surface area contributed by atoms with E-state index in [4.69, 9.17) is 15.4 Å². The number of allylic oxidation sites excluding steroid dienone is 6. The summed E-state index contributed by atoms with van der Waals surface area (Å²) in [5.74, 6) is 2.16. The average molecular weight is 1050 g/mol. The quantitative estimate of drug-likeness (QED) is 0.113. The Labute approximate surface area is 475 Å². The monoisotopic (exact) mass is 1040 g/mol. The molecule has 0 bridgehead atoms. The molecule has 3 aliphatic carbocycles. The van der Waals surface area contributed by atoms with Crippen LogP contribution in [0.15, 0.2) is 268 Å². The molecule has 8 aromatic carbocycles. The molecule has 0 aromatic heterocycles. The van der Waals surface area contributed by atoms with Crippen LogP contribution in [-0.4, -0.2) is 37.0 Å². The Balaban J connectivity index is 0.000000182. The first-order valence-corrected chi connectivity index (χ1v) is 27.9. The van der Waals surface area contributed by atoms with E-state index in [-0.39, 0.29) is 11.9 Å². The minimum absolute atomic E-state index is 0.202. The van der Waals surface area contributed by atoms with Crippen LogP contribution < -0.4 is 4.90 Å². The summed E-state index contributed by atoms with van der Waals surface area (Å²) < 4.78 is 0. The Morgan fingerprint density at radius 1 is 0.600 bits per heavy atom. The molecule has 398 valence electrons. The fraction of sp³-hybridized carbons (Fsp3) is 0.176. The molecule has 8 aromatic rings. The van der Waals surface area contributed by atoms with Gasteiger partial charge in [-0.25, -0.2) is 15.0 Å². The van der Waals surface area contributed by atoms with Crippen molar-refractivity contribution < 1.29 is 0 Å². The summed E-state index contributed by atoms with van der Waals surface area (Å²) in [6, 6.07) is 71.3. The van der Waals surface area contributed by atoms with Crippen molar-refractivity contribution in [2.45, 2.75) is 72.9 Å². The van der Waals surface area contributed by atoms with Gasteiger partial charge in [-0.3, -0.25) is 10.4 Å². The van der Waals surface area contributed by atoms with Crippen molar-refractivity contribution in [2.75, 3.05) is 4.90 Å². The van der Waals surface area contributed by atoms with Gasteiger partial charge in [-0.15, -0.1) is 0 Å². The van der Waals surface area contributed by atoms with Gasteiger partial charge in [-0.1, -0.05) is 238 Å². The van der Waals surface area contributed by atoms with Crippen molar-refractivity contribution in [1.82, 2.24) is 0 Å². The van der Waals surface area contributed by atoms with E-state index in [1.807, 2.05) is 84.9 Å². The first-order valence-electron chi connectivity index (χ1n) is 27.9. The molecule has 4 aliphatic rings. The number of nitrogens with zero attached hydrogens (tertiary/aromatic N) is 5. The molecule has 0 radical (unpaired) electrons. The largest absolute Gasteiger partial charge is 0.337 e. The summed E-state index contributed by atoms with van der Waals surface area (Å²) in [6.07, 6.45) is 16.0. The van der Waals surface area contributed by atoms with Gasteiger partial charge in [0.15, 0.2) is 17.5 Å². The van der Waals surface area contributed by atoms with Gasteiger partial charge in [0.25, 0.3) is 0 Å². The van der Waals surface area contributed by atoms with E-state index in [9.17, 15) is 0 Å². The van der Waals surface area contributed by atoms with Crippen LogP contribution in [0.5, 0.6) is 0 Å². The average Bonchev–Trinajstić information content (AvgIpc) is 4.03. The number of rotatable bonds is 9. The number of hydrogen-bond donors (Lipinski definition) is 1. The summed E-state index contributed by atoms with van der Waals surface area (Å²) in [5, 5.41) is 7.25. The van der Waals surface area contributed by atoms with E-state index >= 15 is 0 Å². The topological polar surface area (TPSA) is 76.5 Å². The summed E-state index contributed by atoms with van der Waals surface area (Å²) >= 11 is 0. The second-order valence-electron chi connectivity index (χ2n) is 20.5. The molecule has 1 N–H and O–H groups in total. The predicted molar refractivity (Wildman–Crippen MR) is 341 cm³/mol. The van der Waals surface area contributed by atoms with Crippen LogP contribution in [0.1, 0.15) is 88.4 Å². The molecule has 6 heteroatoms. The van der Waals surface area contributed by atoms with E-state index in [1.165, 1.54) is 66.9 Å². The van der Waals surface area contributed by atoms with E-state index in [2.05, 4.69) is 215 Å². The molecule has 80 heavy (non-hydrogen) atoms. The highest BCUT2D eigenvalue weighted by molar-refractivity contribution is 6.13. The van der Waals surface area contributed by atoms with Crippen LogP contribution in [0.2, 0.25) is 0 Å². The molecular weight excluding hydrogens is 973 g/mol. The molecule has 12 rings (SSSR count).